The summed E-state index contributed by atoms with van der Waals surface area (Å²) in [4.78, 5) is 0. The number of rotatable bonds is 2. The molecule has 2 N–H and O–H groups in total. The minimum atomic E-state index is 0.526. The molecule has 0 aliphatic carbocycles. The predicted octanol–water partition coefficient (Wildman–Crippen LogP) is 1.68. The van der Waals surface area contributed by atoms with Crippen molar-refractivity contribution in [3.05, 3.63) is 29.3 Å². The van der Waals surface area contributed by atoms with Gasteiger partial charge in [0.1, 0.15) is 5.75 Å². The van der Waals surface area contributed by atoms with Gasteiger partial charge in [0.2, 0.25) is 0 Å². The van der Waals surface area contributed by atoms with Crippen LogP contribution in [0.3, 0.4) is 0 Å². The van der Waals surface area contributed by atoms with E-state index in [0.29, 0.717) is 12.5 Å². The molecule has 1 aliphatic rings. The van der Waals surface area contributed by atoms with Crippen LogP contribution in [-0.4, -0.2) is 13.2 Å². The van der Waals surface area contributed by atoms with Gasteiger partial charge in [-0.1, -0.05) is 19.1 Å². The number of ether oxygens (including phenoxy) is 1. The van der Waals surface area contributed by atoms with Gasteiger partial charge < -0.3 is 10.5 Å². The van der Waals surface area contributed by atoms with E-state index in [0.717, 1.165) is 18.8 Å². The number of nitrogens with two attached hydrogens (primary N) is 1. The van der Waals surface area contributed by atoms with Gasteiger partial charge in [-0.05, 0) is 24.6 Å². The standard InChI is InChI=1S/C11H15NO/c1-8-7-13-10-4-2-3-9(5-6-12)11(8)10/h2-4,8H,5-7,12H2,1H3. The molecule has 0 amide bonds. The van der Waals surface area contributed by atoms with Gasteiger partial charge in [0.05, 0.1) is 6.61 Å². The highest BCUT2D eigenvalue weighted by Crippen LogP contribution is 2.36. The molecular formula is C11H15NO. The molecule has 0 saturated carbocycles. The first-order valence-corrected chi connectivity index (χ1v) is 4.77. The molecule has 2 heteroatoms. The molecular weight excluding hydrogens is 162 g/mol. The quantitative estimate of drug-likeness (QED) is 0.746. The molecule has 1 heterocycles. The molecule has 2 nitrogen and oxygen atoms in total. The fourth-order valence-corrected chi connectivity index (χ4v) is 1.95. The largest absolute Gasteiger partial charge is 0.493 e. The van der Waals surface area contributed by atoms with Gasteiger partial charge in [-0.2, -0.15) is 0 Å². The first-order chi connectivity index (χ1) is 6.33. The summed E-state index contributed by atoms with van der Waals surface area (Å²) in [6.45, 7) is 3.73. The van der Waals surface area contributed by atoms with Crippen LogP contribution in [-0.2, 0) is 6.42 Å². The van der Waals surface area contributed by atoms with Crippen LogP contribution in [0, 0.1) is 0 Å². The van der Waals surface area contributed by atoms with Gasteiger partial charge in [-0.15, -0.1) is 0 Å². The number of hydrogen-bond donors (Lipinski definition) is 1. The highest BCUT2D eigenvalue weighted by molar-refractivity contribution is 5.45. The number of hydrogen-bond acceptors (Lipinski definition) is 2. The minimum Gasteiger partial charge on any atom is -0.493 e. The van der Waals surface area contributed by atoms with Crippen LogP contribution in [0.25, 0.3) is 0 Å². The van der Waals surface area contributed by atoms with Crippen molar-refractivity contribution in [1.82, 2.24) is 0 Å². The third kappa shape index (κ3) is 1.42. The summed E-state index contributed by atoms with van der Waals surface area (Å²) in [5, 5.41) is 0. The Morgan fingerprint density at radius 1 is 1.54 bits per heavy atom. The van der Waals surface area contributed by atoms with Crippen molar-refractivity contribution in [2.45, 2.75) is 19.3 Å². The molecule has 1 aromatic rings. The molecule has 0 fully saturated rings. The molecule has 1 unspecified atom stereocenters. The Bertz CT molecular complexity index is 309. The molecule has 70 valence electrons. The molecule has 2 rings (SSSR count). The maximum atomic E-state index is 5.56. The predicted molar refractivity (Wildman–Crippen MR) is 53.1 cm³/mol. The Hall–Kier alpha value is -1.02. The highest BCUT2D eigenvalue weighted by Gasteiger charge is 2.22. The second kappa shape index (κ2) is 3.38. The maximum Gasteiger partial charge on any atom is 0.123 e. The van der Waals surface area contributed by atoms with E-state index in [1.807, 2.05) is 12.1 Å². The average Bonchev–Trinajstić information content (AvgIpc) is 2.50. The van der Waals surface area contributed by atoms with Crippen molar-refractivity contribution in [2.24, 2.45) is 5.73 Å². The molecule has 1 aliphatic heterocycles. The summed E-state index contributed by atoms with van der Waals surface area (Å²) in [5.41, 5.74) is 8.28. The van der Waals surface area contributed by atoms with E-state index in [9.17, 15) is 0 Å². The Morgan fingerprint density at radius 3 is 3.15 bits per heavy atom. The Balaban J connectivity index is 2.41. The van der Waals surface area contributed by atoms with Crippen molar-refractivity contribution in [1.29, 1.82) is 0 Å². The van der Waals surface area contributed by atoms with Crippen LogP contribution in [0.15, 0.2) is 18.2 Å². The van der Waals surface area contributed by atoms with E-state index in [2.05, 4.69) is 13.0 Å². The van der Waals surface area contributed by atoms with Gasteiger partial charge in [0, 0.05) is 11.5 Å². The van der Waals surface area contributed by atoms with Crippen LogP contribution >= 0.6 is 0 Å². The van der Waals surface area contributed by atoms with Gasteiger partial charge in [0.15, 0.2) is 0 Å². The minimum absolute atomic E-state index is 0.526. The second-order valence-corrected chi connectivity index (χ2v) is 3.58. The third-order valence-electron chi connectivity index (χ3n) is 2.55. The van der Waals surface area contributed by atoms with Gasteiger partial charge >= 0.3 is 0 Å². The zero-order valence-corrected chi connectivity index (χ0v) is 7.92. The Labute approximate surface area is 78.7 Å². The fourth-order valence-electron chi connectivity index (χ4n) is 1.95. The van der Waals surface area contributed by atoms with Crippen molar-refractivity contribution in [3.8, 4) is 5.75 Å². The Morgan fingerprint density at radius 2 is 2.38 bits per heavy atom. The molecule has 1 aromatic carbocycles. The summed E-state index contributed by atoms with van der Waals surface area (Å²) in [6, 6.07) is 6.23. The van der Waals surface area contributed by atoms with Crippen LogP contribution in [0.4, 0.5) is 0 Å². The Kier molecular flexibility index (Phi) is 2.23. The zero-order chi connectivity index (χ0) is 9.26. The van der Waals surface area contributed by atoms with Gasteiger partial charge in [-0.25, -0.2) is 0 Å². The summed E-state index contributed by atoms with van der Waals surface area (Å²) >= 11 is 0. The maximum absolute atomic E-state index is 5.56. The van der Waals surface area contributed by atoms with Crippen molar-refractivity contribution in [3.63, 3.8) is 0 Å². The summed E-state index contributed by atoms with van der Waals surface area (Å²) in [5.74, 6) is 1.58. The van der Waals surface area contributed by atoms with Crippen molar-refractivity contribution in [2.75, 3.05) is 13.2 Å². The summed E-state index contributed by atoms with van der Waals surface area (Å²) < 4.78 is 5.56. The van der Waals surface area contributed by atoms with Gasteiger partial charge in [0.25, 0.3) is 0 Å². The number of fused-ring (bicyclic) bond motifs is 1. The van der Waals surface area contributed by atoms with E-state index in [1.54, 1.807) is 0 Å². The lowest BCUT2D eigenvalue weighted by Gasteiger charge is -2.07. The summed E-state index contributed by atoms with van der Waals surface area (Å²) in [7, 11) is 0. The van der Waals surface area contributed by atoms with Crippen LogP contribution in [0.2, 0.25) is 0 Å². The van der Waals surface area contributed by atoms with E-state index in [4.69, 9.17) is 10.5 Å². The molecule has 0 saturated heterocycles. The van der Waals surface area contributed by atoms with E-state index in [1.165, 1.54) is 11.1 Å². The first kappa shape index (κ1) is 8.57. The number of benzene rings is 1. The summed E-state index contributed by atoms with van der Waals surface area (Å²) in [6.07, 6.45) is 0.955. The van der Waals surface area contributed by atoms with Crippen LogP contribution in [0.1, 0.15) is 24.0 Å². The zero-order valence-electron chi connectivity index (χ0n) is 7.92. The van der Waals surface area contributed by atoms with Gasteiger partial charge in [-0.3, -0.25) is 0 Å². The van der Waals surface area contributed by atoms with Crippen LogP contribution < -0.4 is 10.5 Å². The lowest BCUT2D eigenvalue weighted by Crippen LogP contribution is -2.05. The average molecular weight is 177 g/mol. The van der Waals surface area contributed by atoms with E-state index < -0.39 is 0 Å². The van der Waals surface area contributed by atoms with Crippen molar-refractivity contribution < 1.29 is 4.74 Å². The monoisotopic (exact) mass is 177 g/mol. The molecule has 1 atom stereocenters. The molecule has 0 radical (unpaired) electrons. The van der Waals surface area contributed by atoms with Crippen LogP contribution in [0.5, 0.6) is 5.75 Å². The normalized spacial score (nSPS) is 19.7. The smallest absolute Gasteiger partial charge is 0.123 e. The molecule has 0 bridgehead atoms. The molecule has 0 aromatic heterocycles. The SMILES string of the molecule is CC1COc2cccc(CCN)c21. The second-order valence-electron chi connectivity index (χ2n) is 3.58. The lowest BCUT2D eigenvalue weighted by atomic mass is 9.95. The first-order valence-electron chi connectivity index (χ1n) is 4.77. The lowest BCUT2D eigenvalue weighted by molar-refractivity contribution is 0.337. The third-order valence-corrected chi connectivity index (χ3v) is 2.55. The fraction of sp³-hybridized carbons (Fsp3) is 0.455. The molecule has 0 spiro atoms. The topological polar surface area (TPSA) is 35.2 Å². The molecule has 13 heavy (non-hydrogen) atoms. The van der Waals surface area contributed by atoms with Crippen molar-refractivity contribution >= 4 is 0 Å². The van der Waals surface area contributed by atoms with E-state index >= 15 is 0 Å². The highest BCUT2D eigenvalue weighted by atomic mass is 16.5. The van der Waals surface area contributed by atoms with E-state index in [-0.39, 0.29) is 0 Å².